The minimum atomic E-state index is -0.671. The second-order valence-corrected chi connectivity index (χ2v) is 4.83. The second kappa shape index (κ2) is 5.82. The highest BCUT2D eigenvalue weighted by Crippen LogP contribution is 2.21. The number of hydrogen-bond donors (Lipinski definition) is 2. The molecule has 0 unspecified atom stereocenters. The van der Waals surface area contributed by atoms with Crippen molar-refractivity contribution >= 4 is 5.97 Å². The Morgan fingerprint density at radius 1 is 1.35 bits per heavy atom. The number of carboxylic acid groups (broad SMARTS) is 1. The summed E-state index contributed by atoms with van der Waals surface area (Å²) in [7, 11) is 0. The zero-order valence-corrected chi connectivity index (χ0v) is 9.93. The first-order valence-corrected chi connectivity index (χ1v) is 6.23. The highest BCUT2D eigenvalue weighted by Gasteiger charge is 2.23. The van der Waals surface area contributed by atoms with Crippen LogP contribution in [0.15, 0.2) is 30.3 Å². The van der Waals surface area contributed by atoms with Crippen LogP contribution < -0.4 is 5.32 Å². The standard InChI is InChI=1S/C14H19NO2/c16-14(17)10-12-6-7-15-13(9-12)8-11-4-2-1-3-5-11/h1-5,12-13,15H,6-10H2,(H,16,17)/t12-,13+/m1/s1. The molecule has 1 aromatic carbocycles. The van der Waals surface area contributed by atoms with Crippen LogP contribution in [0.2, 0.25) is 0 Å². The van der Waals surface area contributed by atoms with E-state index in [1.807, 2.05) is 18.2 Å². The third-order valence-corrected chi connectivity index (χ3v) is 3.39. The highest BCUT2D eigenvalue weighted by molar-refractivity contribution is 5.67. The zero-order valence-electron chi connectivity index (χ0n) is 9.93. The maximum atomic E-state index is 10.7. The van der Waals surface area contributed by atoms with Crippen LogP contribution in [0.5, 0.6) is 0 Å². The van der Waals surface area contributed by atoms with Gasteiger partial charge in [-0.25, -0.2) is 0 Å². The molecule has 1 fully saturated rings. The van der Waals surface area contributed by atoms with Gasteiger partial charge >= 0.3 is 5.97 Å². The molecular weight excluding hydrogens is 214 g/mol. The highest BCUT2D eigenvalue weighted by atomic mass is 16.4. The molecule has 1 aliphatic rings. The van der Waals surface area contributed by atoms with Crippen molar-refractivity contribution < 1.29 is 9.90 Å². The molecule has 2 rings (SSSR count). The third-order valence-electron chi connectivity index (χ3n) is 3.39. The lowest BCUT2D eigenvalue weighted by atomic mass is 9.87. The summed E-state index contributed by atoms with van der Waals surface area (Å²) >= 11 is 0. The first kappa shape index (κ1) is 12.1. The van der Waals surface area contributed by atoms with Crippen molar-refractivity contribution in [2.24, 2.45) is 5.92 Å². The molecule has 2 atom stereocenters. The van der Waals surface area contributed by atoms with Gasteiger partial charge in [-0.1, -0.05) is 30.3 Å². The predicted octanol–water partition coefficient (Wildman–Crippen LogP) is 2.07. The summed E-state index contributed by atoms with van der Waals surface area (Å²) in [4.78, 5) is 10.7. The van der Waals surface area contributed by atoms with Crippen LogP contribution in [0.1, 0.15) is 24.8 Å². The molecule has 0 bridgehead atoms. The Morgan fingerprint density at radius 3 is 2.82 bits per heavy atom. The molecule has 1 aliphatic heterocycles. The molecule has 3 nitrogen and oxygen atoms in total. The molecule has 3 heteroatoms. The Labute approximate surface area is 102 Å². The van der Waals surface area contributed by atoms with E-state index in [0.29, 0.717) is 18.4 Å². The van der Waals surface area contributed by atoms with Crippen molar-refractivity contribution in [3.8, 4) is 0 Å². The molecule has 92 valence electrons. The van der Waals surface area contributed by atoms with Gasteiger partial charge < -0.3 is 10.4 Å². The molecule has 1 saturated heterocycles. The lowest BCUT2D eigenvalue weighted by molar-refractivity contribution is -0.138. The van der Waals surface area contributed by atoms with Crippen molar-refractivity contribution in [2.75, 3.05) is 6.54 Å². The predicted molar refractivity (Wildman–Crippen MR) is 66.9 cm³/mol. The Kier molecular flexibility index (Phi) is 4.15. The van der Waals surface area contributed by atoms with E-state index in [-0.39, 0.29) is 0 Å². The van der Waals surface area contributed by atoms with E-state index in [1.54, 1.807) is 0 Å². The van der Waals surface area contributed by atoms with Crippen molar-refractivity contribution in [2.45, 2.75) is 31.7 Å². The van der Waals surface area contributed by atoms with Crippen LogP contribution >= 0.6 is 0 Å². The van der Waals surface area contributed by atoms with Crippen molar-refractivity contribution in [1.29, 1.82) is 0 Å². The fraction of sp³-hybridized carbons (Fsp3) is 0.500. The topological polar surface area (TPSA) is 49.3 Å². The molecule has 1 heterocycles. The molecular formula is C14H19NO2. The number of carboxylic acids is 1. The molecule has 0 radical (unpaired) electrons. The van der Waals surface area contributed by atoms with E-state index in [4.69, 9.17) is 5.11 Å². The van der Waals surface area contributed by atoms with Crippen molar-refractivity contribution in [3.63, 3.8) is 0 Å². The van der Waals surface area contributed by atoms with Crippen molar-refractivity contribution in [3.05, 3.63) is 35.9 Å². The average Bonchev–Trinajstić information content (AvgIpc) is 2.30. The molecule has 0 aliphatic carbocycles. The van der Waals surface area contributed by atoms with Gasteiger partial charge in [-0.2, -0.15) is 0 Å². The summed E-state index contributed by atoms with van der Waals surface area (Å²) in [6, 6.07) is 10.8. The Morgan fingerprint density at radius 2 is 2.12 bits per heavy atom. The summed E-state index contributed by atoms with van der Waals surface area (Å²) in [6.45, 7) is 0.940. The lowest BCUT2D eigenvalue weighted by Crippen LogP contribution is -2.40. The van der Waals surface area contributed by atoms with Crippen LogP contribution in [-0.2, 0) is 11.2 Å². The normalized spacial score (nSPS) is 24.5. The van der Waals surface area contributed by atoms with E-state index in [2.05, 4.69) is 17.4 Å². The summed E-state index contributed by atoms with van der Waals surface area (Å²) in [6.07, 6.45) is 3.27. The molecule has 0 aromatic heterocycles. The van der Waals surface area contributed by atoms with Gasteiger partial charge in [-0.15, -0.1) is 0 Å². The smallest absolute Gasteiger partial charge is 0.303 e. The lowest BCUT2D eigenvalue weighted by Gasteiger charge is -2.29. The third kappa shape index (κ3) is 3.86. The zero-order chi connectivity index (χ0) is 12.1. The number of hydrogen-bond acceptors (Lipinski definition) is 2. The summed E-state index contributed by atoms with van der Waals surface area (Å²) in [5.74, 6) is -0.335. The number of rotatable bonds is 4. The largest absolute Gasteiger partial charge is 0.481 e. The quantitative estimate of drug-likeness (QED) is 0.837. The van der Waals surface area contributed by atoms with Crippen LogP contribution in [0, 0.1) is 5.92 Å². The molecule has 0 spiro atoms. The number of nitrogens with one attached hydrogen (secondary N) is 1. The summed E-state index contributed by atoms with van der Waals surface area (Å²) in [5, 5.41) is 12.3. The Bertz CT molecular complexity index is 364. The summed E-state index contributed by atoms with van der Waals surface area (Å²) in [5.41, 5.74) is 1.32. The van der Waals surface area contributed by atoms with Gasteiger partial charge in [-0.3, -0.25) is 4.79 Å². The number of benzene rings is 1. The minimum absolute atomic E-state index is 0.312. The van der Waals surface area contributed by atoms with Gasteiger partial charge in [0.25, 0.3) is 0 Å². The van der Waals surface area contributed by atoms with Gasteiger partial charge in [0.15, 0.2) is 0 Å². The van der Waals surface area contributed by atoms with E-state index in [9.17, 15) is 4.79 Å². The van der Waals surface area contributed by atoms with Crippen LogP contribution in [-0.4, -0.2) is 23.7 Å². The van der Waals surface area contributed by atoms with Gasteiger partial charge in [0.1, 0.15) is 0 Å². The van der Waals surface area contributed by atoms with Crippen LogP contribution in [0.4, 0.5) is 0 Å². The van der Waals surface area contributed by atoms with E-state index in [0.717, 1.165) is 25.8 Å². The fourth-order valence-electron chi connectivity index (χ4n) is 2.58. The van der Waals surface area contributed by atoms with Crippen LogP contribution in [0.3, 0.4) is 0 Å². The summed E-state index contributed by atoms with van der Waals surface area (Å²) < 4.78 is 0. The first-order chi connectivity index (χ1) is 8.24. The molecule has 0 amide bonds. The fourth-order valence-corrected chi connectivity index (χ4v) is 2.58. The van der Waals surface area contributed by atoms with Gasteiger partial charge in [0.2, 0.25) is 0 Å². The SMILES string of the molecule is O=C(O)C[C@@H]1CCN[C@@H](Cc2ccccc2)C1. The van der Waals surface area contributed by atoms with Gasteiger partial charge in [0, 0.05) is 12.5 Å². The van der Waals surface area contributed by atoms with E-state index < -0.39 is 5.97 Å². The molecule has 1 aromatic rings. The molecule has 0 saturated carbocycles. The van der Waals surface area contributed by atoms with Gasteiger partial charge in [-0.05, 0) is 37.3 Å². The number of aliphatic carboxylic acids is 1. The monoisotopic (exact) mass is 233 g/mol. The molecule has 17 heavy (non-hydrogen) atoms. The maximum Gasteiger partial charge on any atom is 0.303 e. The Balaban J connectivity index is 1.87. The average molecular weight is 233 g/mol. The first-order valence-electron chi connectivity index (χ1n) is 6.23. The minimum Gasteiger partial charge on any atom is -0.481 e. The number of carbonyl (C=O) groups is 1. The van der Waals surface area contributed by atoms with Crippen molar-refractivity contribution in [1.82, 2.24) is 5.32 Å². The second-order valence-electron chi connectivity index (χ2n) is 4.83. The number of piperidine rings is 1. The van der Waals surface area contributed by atoms with E-state index >= 15 is 0 Å². The Hall–Kier alpha value is -1.35. The van der Waals surface area contributed by atoms with E-state index in [1.165, 1.54) is 5.56 Å². The van der Waals surface area contributed by atoms with Crippen LogP contribution in [0.25, 0.3) is 0 Å². The molecule has 2 N–H and O–H groups in total. The maximum absolute atomic E-state index is 10.7. The van der Waals surface area contributed by atoms with Gasteiger partial charge in [0.05, 0.1) is 0 Å².